The summed E-state index contributed by atoms with van der Waals surface area (Å²) in [5.74, 6) is 0.186. The maximum Gasteiger partial charge on any atom is 0.136 e. The van der Waals surface area contributed by atoms with Gasteiger partial charge in [0.25, 0.3) is 0 Å². The molecule has 2 nitrogen and oxygen atoms in total. The second-order valence-corrected chi connectivity index (χ2v) is 4.66. The van der Waals surface area contributed by atoms with Crippen LogP contribution in [-0.2, 0) is 0 Å². The Morgan fingerprint density at radius 2 is 1.95 bits per heavy atom. The van der Waals surface area contributed by atoms with Gasteiger partial charge in [0.1, 0.15) is 17.7 Å². The van der Waals surface area contributed by atoms with E-state index in [1.165, 1.54) is 12.1 Å². The van der Waals surface area contributed by atoms with Crippen molar-refractivity contribution in [1.82, 2.24) is 0 Å². The standard InChI is InChI=1S/C16H18FNO/c1-11-6-7-12(2)15(8-11)16(10-18)19-14-5-3-4-13(17)9-14/h3-9,16H,10,18H2,1-2H3. The third-order valence-electron chi connectivity index (χ3n) is 3.07. The maximum atomic E-state index is 13.2. The van der Waals surface area contributed by atoms with Gasteiger partial charge in [0.05, 0.1) is 0 Å². The predicted molar refractivity (Wildman–Crippen MR) is 74.7 cm³/mol. The molecule has 0 amide bonds. The molecule has 1 atom stereocenters. The Morgan fingerprint density at radius 3 is 2.63 bits per heavy atom. The van der Waals surface area contributed by atoms with Gasteiger partial charge in [-0.25, -0.2) is 4.39 Å². The lowest BCUT2D eigenvalue weighted by Gasteiger charge is -2.20. The third kappa shape index (κ3) is 3.32. The minimum atomic E-state index is -0.311. The summed E-state index contributed by atoms with van der Waals surface area (Å²) >= 11 is 0. The summed E-state index contributed by atoms with van der Waals surface area (Å²) in [6, 6.07) is 12.3. The van der Waals surface area contributed by atoms with Crippen LogP contribution in [0.2, 0.25) is 0 Å². The molecule has 100 valence electrons. The average Bonchev–Trinajstić information content (AvgIpc) is 2.39. The number of hydrogen-bond acceptors (Lipinski definition) is 2. The van der Waals surface area contributed by atoms with Crippen LogP contribution in [0.25, 0.3) is 0 Å². The minimum absolute atomic E-state index is 0.262. The first-order valence-corrected chi connectivity index (χ1v) is 6.29. The molecule has 0 aromatic heterocycles. The number of benzene rings is 2. The van der Waals surface area contributed by atoms with Crippen LogP contribution in [0.4, 0.5) is 4.39 Å². The second kappa shape index (κ2) is 5.85. The summed E-state index contributed by atoms with van der Waals surface area (Å²) in [6.45, 7) is 4.39. The van der Waals surface area contributed by atoms with E-state index >= 15 is 0 Å². The van der Waals surface area contributed by atoms with Crippen molar-refractivity contribution in [1.29, 1.82) is 0 Å². The maximum absolute atomic E-state index is 13.2. The van der Waals surface area contributed by atoms with Crippen molar-refractivity contribution in [2.24, 2.45) is 5.73 Å². The SMILES string of the molecule is Cc1ccc(C)c(C(CN)Oc2cccc(F)c2)c1. The van der Waals surface area contributed by atoms with E-state index in [0.717, 1.165) is 16.7 Å². The molecule has 19 heavy (non-hydrogen) atoms. The fraction of sp³-hybridized carbons (Fsp3) is 0.250. The van der Waals surface area contributed by atoms with Crippen molar-refractivity contribution < 1.29 is 9.13 Å². The van der Waals surface area contributed by atoms with E-state index in [4.69, 9.17) is 10.5 Å². The van der Waals surface area contributed by atoms with Crippen molar-refractivity contribution in [3.8, 4) is 5.75 Å². The van der Waals surface area contributed by atoms with Gasteiger partial charge in [-0.05, 0) is 37.1 Å². The Kier molecular flexibility index (Phi) is 4.17. The number of hydrogen-bond donors (Lipinski definition) is 1. The van der Waals surface area contributed by atoms with Crippen LogP contribution in [0.3, 0.4) is 0 Å². The highest BCUT2D eigenvalue weighted by Crippen LogP contribution is 2.25. The van der Waals surface area contributed by atoms with Gasteiger partial charge in [-0.2, -0.15) is 0 Å². The van der Waals surface area contributed by atoms with Crippen LogP contribution in [0.1, 0.15) is 22.8 Å². The number of aryl methyl sites for hydroxylation is 2. The van der Waals surface area contributed by atoms with Crippen molar-refractivity contribution in [2.45, 2.75) is 20.0 Å². The van der Waals surface area contributed by atoms with Gasteiger partial charge in [0.2, 0.25) is 0 Å². The molecule has 1 unspecified atom stereocenters. The highest BCUT2D eigenvalue weighted by molar-refractivity contribution is 5.34. The molecule has 0 aliphatic carbocycles. The van der Waals surface area contributed by atoms with Gasteiger partial charge >= 0.3 is 0 Å². The van der Waals surface area contributed by atoms with E-state index < -0.39 is 0 Å². The van der Waals surface area contributed by atoms with Gasteiger partial charge in [-0.1, -0.05) is 29.8 Å². The summed E-state index contributed by atoms with van der Waals surface area (Å²) in [5, 5.41) is 0. The summed E-state index contributed by atoms with van der Waals surface area (Å²) < 4.78 is 19.0. The number of rotatable bonds is 4. The lowest BCUT2D eigenvalue weighted by molar-refractivity contribution is 0.212. The monoisotopic (exact) mass is 259 g/mol. The molecule has 0 heterocycles. The second-order valence-electron chi connectivity index (χ2n) is 4.66. The zero-order chi connectivity index (χ0) is 13.8. The molecule has 0 bridgehead atoms. The van der Waals surface area contributed by atoms with E-state index in [0.29, 0.717) is 12.3 Å². The Balaban J connectivity index is 2.27. The zero-order valence-electron chi connectivity index (χ0n) is 11.2. The van der Waals surface area contributed by atoms with E-state index in [1.54, 1.807) is 12.1 Å². The quantitative estimate of drug-likeness (QED) is 0.911. The van der Waals surface area contributed by atoms with E-state index in [1.807, 2.05) is 19.9 Å². The van der Waals surface area contributed by atoms with Crippen molar-refractivity contribution in [3.63, 3.8) is 0 Å². The lowest BCUT2D eigenvalue weighted by atomic mass is 10.0. The lowest BCUT2D eigenvalue weighted by Crippen LogP contribution is -2.19. The van der Waals surface area contributed by atoms with Gasteiger partial charge in [0.15, 0.2) is 0 Å². The van der Waals surface area contributed by atoms with Crippen LogP contribution in [0.5, 0.6) is 5.75 Å². The van der Waals surface area contributed by atoms with Crippen LogP contribution < -0.4 is 10.5 Å². The van der Waals surface area contributed by atoms with Gasteiger partial charge in [-0.15, -0.1) is 0 Å². The Morgan fingerprint density at radius 1 is 1.16 bits per heavy atom. The largest absolute Gasteiger partial charge is 0.484 e. The van der Waals surface area contributed by atoms with Crippen molar-refractivity contribution >= 4 is 0 Å². The van der Waals surface area contributed by atoms with E-state index in [2.05, 4.69) is 12.1 Å². The van der Waals surface area contributed by atoms with Crippen molar-refractivity contribution in [3.05, 3.63) is 65.0 Å². The first-order chi connectivity index (χ1) is 9.10. The Bertz CT molecular complexity index is 568. The van der Waals surface area contributed by atoms with E-state index in [-0.39, 0.29) is 11.9 Å². The molecule has 0 aliphatic rings. The third-order valence-corrected chi connectivity index (χ3v) is 3.07. The Labute approximate surface area is 113 Å². The topological polar surface area (TPSA) is 35.2 Å². The molecular formula is C16H18FNO. The summed E-state index contributed by atoms with van der Waals surface area (Å²) in [6.07, 6.45) is -0.262. The molecular weight excluding hydrogens is 241 g/mol. The van der Waals surface area contributed by atoms with Gasteiger partial charge in [-0.3, -0.25) is 0 Å². The molecule has 0 fully saturated rings. The molecule has 2 N–H and O–H groups in total. The highest BCUT2D eigenvalue weighted by Gasteiger charge is 2.14. The molecule has 0 saturated heterocycles. The number of ether oxygens (including phenoxy) is 1. The molecule has 0 radical (unpaired) electrons. The number of nitrogens with two attached hydrogens (primary N) is 1. The highest BCUT2D eigenvalue weighted by atomic mass is 19.1. The van der Waals surface area contributed by atoms with E-state index in [9.17, 15) is 4.39 Å². The molecule has 0 spiro atoms. The Hall–Kier alpha value is -1.87. The van der Waals surface area contributed by atoms with Crippen LogP contribution in [0.15, 0.2) is 42.5 Å². The van der Waals surface area contributed by atoms with Crippen LogP contribution >= 0.6 is 0 Å². The summed E-state index contributed by atoms with van der Waals surface area (Å²) in [5.41, 5.74) is 9.12. The molecule has 2 rings (SSSR count). The minimum Gasteiger partial charge on any atom is -0.484 e. The first-order valence-electron chi connectivity index (χ1n) is 6.29. The summed E-state index contributed by atoms with van der Waals surface area (Å²) in [7, 11) is 0. The van der Waals surface area contributed by atoms with Crippen LogP contribution in [-0.4, -0.2) is 6.54 Å². The van der Waals surface area contributed by atoms with Crippen molar-refractivity contribution in [2.75, 3.05) is 6.54 Å². The summed E-state index contributed by atoms with van der Waals surface area (Å²) in [4.78, 5) is 0. The molecule has 3 heteroatoms. The fourth-order valence-corrected chi connectivity index (χ4v) is 2.05. The van der Waals surface area contributed by atoms with Gasteiger partial charge < -0.3 is 10.5 Å². The molecule has 2 aromatic carbocycles. The van der Waals surface area contributed by atoms with Gasteiger partial charge in [0, 0.05) is 12.6 Å². The first kappa shape index (κ1) is 13.6. The molecule has 0 aliphatic heterocycles. The average molecular weight is 259 g/mol. The predicted octanol–water partition coefficient (Wildman–Crippen LogP) is 3.52. The fourth-order valence-electron chi connectivity index (χ4n) is 2.05. The molecule has 2 aromatic rings. The van der Waals surface area contributed by atoms with Crippen LogP contribution in [0, 0.1) is 19.7 Å². The molecule has 0 saturated carbocycles. The smallest absolute Gasteiger partial charge is 0.136 e. The zero-order valence-corrected chi connectivity index (χ0v) is 11.2. The number of halogens is 1. The normalized spacial score (nSPS) is 12.2.